The van der Waals surface area contributed by atoms with Crippen LogP contribution in [0, 0.1) is 6.92 Å². The molecule has 2 N–H and O–H groups in total. The molecule has 1 aromatic carbocycles. The van der Waals surface area contributed by atoms with Crippen molar-refractivity contribution in [2.24, 2.45) is 0 Å². The predicted molar refractivity (Wildman–Crippen MR) is 98.5 cm³/mol. The van der Waals surface area contributed by atoms with E-state index >= 15 is 0 Å². The number of carbonyl (C=O) groups excluding carboxylic acids is 1. The van der Waals surface area contributed by atoms with Crippen LogP contribution in [0.25, 0.3) is 10.9 Å². The zero-order valence-corrected chi connectivity index (χ0v) is 13.9. The third-order valence-corrected chi connectivity index (χ3v) is 3.78. The van der Waals surface area contributed by atoms with Crippen molar-refractivity contribution in [3.63, 3.8) is 0 Å². The van der Waals surface area contributed by atoms with Gasteiger partial charge in [-0.3, -0.25) is 9.78 Å². The Hall–Kier alpha value is -3.74. The zero-order chi connectivity index (χ0) is 17.9. The summed E-state index contributed by atoms with van der Waals surface area (Å²) >= 11 is 0. The Morgan fingerprint density at radius 2 is 1.96 bits per heavy atom. The molecule has 3 heterocycles. The first-order valence-corrected chi connectivity index (χ1v) is 8.00. The van der Waals surface area contributed by atoms with Crippen LogP contribution in [0.2, 0.25) is 0 Å². The average Bonchev–Trinajstić information content (AvgIpc) is 3.07. The molecule has 1 amide bonds. The Balaban J connectivity index is 1.51. The number of pyridine rings is 2. The molecule has 128 valence electrons. The van der Waals surface area contributed by atoms with Crippen LogP contribution in [-0.2, 0) is 0 Å². The summed E-state index contributed by atoms with van der Waals surface area (Å²) in [4.78, 5) is 20.8. The highest BCUT2D eigenvalue weighted by atomic mass is 16.5. The number of hydrogen-bond donors (Lipinski definition) is 2. The maximum atomic E-state index is 12.2. The standard InChI is InChI=1S/C19H15N5O2/c1-12-10-17(24-26-12)23-19(25)16-8-7-14(11-21-16)22-15-6-2-4-13-5-3-9-20-18(13)15/h2-11,22H,1H3,(H,23,24,25). The molecule has 0 fully saturated rings. The van der Waals surface area contributed by atoms with Gasteiger partial charge in [-0.2, -0.15) is 0 Å². The van der Waals surface area contributed by atoms with E-state index in [4.69, 9.17) is 4.52 Å². The fraction of sp³-hybridized carbons (Fsp3) is 0.0526. The molecule has 0 spiro atoms. The number of benzene rings is 1. The van der Waals surface area contributed by atoms with Crippen molar-refractivity contribution >= 4 is 34.0 Å². The van der Waals surface area contributed by atoms with Gasteiger partial charge >= 0.3 is 0 Å². The molecule has 4 rings (SSSR count). The summed E-state index contributed by atoms with van der Waals surface area (Å²) < 4.78 is 4.92. The molecule has 0 aliphatic rings. The fourth-order valence-corrected chi connectivity index (χ4v) is 2.57. The molecule has 26 heavy (non-hydrogen) atoms. The lowest BCUT2D eigenvalue weighted by atomic mass is 10.2. The van der Waals surface area contributed by atoms with Gasteiger partial charge in [0.2, 0.25) is 0 Å². The molecule has 3 aromatic heterocycles. The summed E-state index contributed by atoms with van der Waals surface area (Å²) in [5, 5.41) is 10.7. The molecule has 7 nitrogen and oxygen atoms in total. The monoisotopic (exact) mass is 345 g/mol. The number of aryl methyl sites for hydroxylation is 1. The van der Waals surface area contributed by atoms with Crippen LogP contribution in [0.1, 0.15) is 16.2 Å². The van der Waals surface area contributed by atoms with E-state index in [1.54, 1.807) is 37.5 Å². The lowest BCUT2D eigenvalue weighted by molar-refractivity contribution is 0.102. The number of aromatic nitrogens is 3. The van der Waals surface area contributed by atoms with Crippen molar-refractivity contribution in [3.05, 3.63) is 72.4 Å². The number of carbonyl (C=O) groups is 1. The highest BCUT2D eigenvalue weighted by Crippen LogP contribution is 2.24. The second-order valence-corrected chi connectivity index (χ2v) is 5.71. The summed E-state index contributed by atoms with van der Waals surface area (Å²) in [6, 6.07) is 14.9. The highest BCUT2D eigenvalue weighted by Gasteiger charge is 2.10. The summed E-state index contributed by atoms with van der Waals surface area (Å²) in [6.45, 7) is 1.75. The van der Waals surface area contributed by atoms with Gasteiger partial charge in [0, 0.05) is 17.6 Å². The van der Waals surface area contributed by atoms with Crippen LogP contribution in [-0.4, -0.2) is 21.0 Å². The van der Waals surface area contributed by atoms with Gasteiger partial charge in [0.05, 0.1) is 23.1 Å². The molecule has 0 aliphatic carbocycles. The highest BCUT2D eigenvalue weighted by molar-refractivity contribution is 6.02. The minimum Gasteiger partial charge on any atom is -0.360 e. The summed E-state index contributed by atoms with van der Waals surface area (Å²) in [5.74, 6) is 0.631. The van der Waals surface area contributed by atoms with Crippen LogP contribution in [0.3, 0.4) is 0 Å². The van der Waals surface area contributed by atoms with E-state index in [1.165, 1.54) is 0 Å². The van der Waals surface area contributed by atoms with Gasteiger partial charge in [-0.25, -0.2) is 4.98 Å². The number of nitrogens with zero attached hydrogens (tertiary/aromatic N) is 3. The number of amides is 1. The predicted octanol–water partition coefficient (Wildman–Crippen LogP) is 3.92. The first-order chi connectivity index (χ1) is 12.7. The summed E-state index contributed by atoms with van der Waals surface area (Å²) in [5.41, 5.74) is 2.79. The summed E-state index contributed by atoms with van der Waals surface area (Å²) in [6.07, 6.45) is 3.36. The average molecular weight is 345 g/mol. The molecule has 4 aromatic rings. The van der Waals surface area contributed by atoms with Gasteiger partial charge in [-0.15, -0.1) is 0 Å². The second-order valence-electron chi connectivity index (χ2n) is 5.71. The van der Waals surface area contributed by atoms with Crippen molar-refractivity contribution in [1.29, 1.82) is 0 Å². The molecule has 7 heteroatoms. The van der Waals surface area contributed by atoms with Gasteiger partial charge in [-0.1, -0.05) is 23.4 Å². The molecular formula is C19H15N5O2. The third kappa shape index (κ3) is 3.23. The summed E-state index contributed by atoms with van der Waals surface area (Å²) in [7, 11) is 0. The number of nitrogens with one attached hydrogen (secondary N) is 2. The SMILES string of the molecule is Cc1cc(NC(=O)c2ccc(Nc3cccc4cccnc34)cn2)no1. The van der Waals surface area contributed by atoms with Crippen molar-refractivity contribution in [2.45, 2.75) is 6.92 Å². The minimum absolute atomic E-state index is 0.284. The maximum Gasteiger partial charge on any atom is 0.275 e. The van der Waals surface area contributed by atoms with E-state index in [0.29, 0.717) is 11.6 Å². The van der Waals surface area contributed by atoms with Crippen LogP contribution < -0.4 is 10.6 Å². The number of para-hydroxylation sites is 1. The van der Waals surface area contributed by atoms with Gasteiger partial charge in [0.25, 0.3) is 5.91 Å². The first kappa shape index (κ1) is 15.8. The molecular weight excluding hydrogens is 330 g/mol. The van der Waals surface area contributed by atoms with E-state index in [0.717, 1.165) is 22.3 Å². The Morgan fingerprint density at radius 1 is 1.08 bits per heavy atom. The molecule has 0 saturated carbocycles. The zero-order valence-electron chi connectivity index (χ0n) is 13.9. The Bertz CT molecular complexity index is 1070. The topological polar surface area (TPSA) is 92.9 Å². The lowest BCUT2D eigenvalue weighted by Crippen LogP contribution is -2.13. The van der Waals surface area contributed by atoms with Crippen molar-refractivity contribution in [1.82, 2.24) is 15.1 Å². The van der Waals surface area contributed by atoms with Crippen molar-refractivity contribution in [2.75, 3.05) is 10.6 Å². The lowest BCUT2D eigenvalue weighted by Gasteiger charge is -2.09. The smallest absolute Gasteiger partial charge is 0.275 e. The largest absolute Gasteiger partial charge is 0.360 e. The van der Waals surface area contributed by atoms with Crippen LogP contribution in [0.15, 0.2) is 65.4 Å². The van der Waals surface area contributed by atoms with Gasteiger partial charge in [-0.05, 0) is 31.2 Å². The Labute approximate surface area is 149 Å². The van der Waals surface area contributed by atoms with Crippen molar-refractivity contribution in [3.8, 4) is 0 Å². The molecule has 0 saturated heterocycles. The van der Waals surface area contributed by atoms with E-state index in [1.807, 2.05) is 30.3 Å². The van der Waals surface area contributed by atoms with Gasteiger partial charge in [0.15, 0.2) is 5.82 Å². The third-order valence-electron chi connectivity index (χ3n) is 3.78. The van der Waals surface area contributed by atoms with Crippen LogP contribution >= 0.6 is 0 Å². The molecule has 0 atom stereocenters. The van der Waals surface area contributed by atoms with E-state index in [-0.39, 0.29) is 11.6 Å². The number of anilines is 3. The van der Waals surface area contributed by atoms with E-state index in [9.17, 15) is 4.79 Å². The van der Waals surface area contributed by atoms with Gasteiger partial charge < -0.3 is 15.2 Å². The van der Waals surface area contributed by atoms with Crippen LogP contribution in [0.5, 0.6) is 0 Å². The normalized spacial score (nSPS) is 10.7. The number of hydrogen-bond acceptors (Lipinski definition) is 6. The molecule has 0 unspecified atom stereocenters. The maximum absolute atomic E-state index is 12.2. The van der Waals surface area contributed by atoms with E-state index < -0.39 is 0 Å². The van der Waals surface area contributed by atoms with Crippen molar-refractivity contribution < 1.29 is 9.32 Å². The quantitative estimate of drug-likeness (QED) is 0.582. The Morgan fingerprint density at radius 3 is 2.73 bits per heavy atom. The Kier molecular flexibility index (Phi) is 4.03. The number of rotatable bonds is 4. The second kappa shape index (κ2) is 6.64. The minimum atomic E-state index is -0.350. The molecule has 0 radical (unpaired) electrons. The number of fused-ring (bicyclic) bond motifs is 1. The van der Waals surface area contributed by atoms with E-state index in [2.05, 4.69) is 25.8 Å². The molecule has 0 bridgehead atoms. The molecule has 0 aliphatic heterocycles. The fourth-order valence-electron chi connectivity index (χ4n) is 2.57. The van der Waals surface area contributed by atoms with Gasteiger partial charge in [0.1, 0.15) is 11.5 Å². The first-order valence-electron chi connectivity index (χ1n) is 8.00. The van der Waals surface area contributed by atoms with Crippen LogP contribution in [0.4, 0.5) is 17.2 Å².